The van der Waals surface area contributed by atoms with Crippen LogP contribution < -0.4 is 10.5 Å². The molecule has 0 heterocycles. The first-order valence-electron chi connectivity index (χ1n) is 5.66. The molecule has 0 aliphatic rings. The van der Waals surface area contributed by atoms with E-state index in [0.717, 1.165) is 14.9 Å². The minimum absolute atomic E-state index is 0.427. The van der Waals surface area contributed by atoms with Gasteiger partial charge in [0.15, 0.2) is 0 Å². The lowest BCUT2D eigenvalue weighted by Gasteiger charge is -2.06. The van der Waals surface area contributed by atoms with E-state index in [1.54, 1.807) is 13.2 Å². The van der Waals surface area contributed by atoms with Crippen molar-refractivity contribution in [3.05, 3.63) is 52.5 Å². The summed E-state index contributed by atoms with van der Waals surface area (Å²) in [6.07, 6.45) is 0. The second-order valence-electron chi connectivity index (χ2n) is 4.06. The van der Waals surface area contributed by atoms with Gasteiger partial charge in [0.2, 0.25) is 0 Å². The molecule has 1 atom stereocenters. The van der Waals surface area contributed by atoms with Crippen LogP contribution in [0.1, 0.15) is 5.56 Å². The Morgan fingerprint density at radius 3 is 2.74 bits per heavy atom. The summed E-state index contributed by atoms with van der Waals surface area (Å²) < 4.78 is 18.3. The first kappa shape index (κ1) is 14.1. The monoisotopic (exact) mass is 339 g/mol. The van der Waals surface area contributed by atoms with Gasteiger partial charge in [0.05, 0.1) is 23.7 Å². The summed E-state index contributed by atoms with van der Waals surface area (Å²) in [4.78, 5) is 0.748. The average Bonchev–Trinajstić information content (AvgIpc) is 2.37. The topological polar surface area (TPSA) is 52.3 Å². The van der Waals surface area contributed by atoms with Gasteiger partial charge in [0.25, 0.3) is 0 Å². The van der Waals surface area contributed by atoms with Gasteiger partial charge in [-0.2, -0.15) is 0 Å². The molecule has 19 heavy (non-hydrogen) atoms. The Balaban J connectivity index is 2.20. The van der Waals surface area contributed by atoms with Gasteiger partial charge in [-0.25, -0.2) is 0 Å². The molecular weight excluding hydrogens is 326 g/mol. The number of halogens is 1. The Kier molecular flexibility index (Phi) is 4.61. The summed E-state index contributed by atoms with van der Waals surface area (Å²) in [5.41, 5.74) is 7.37. The number of hydrogen-bond donors (Lipinski definition) is 1. The van der Waals surface area contributed by atoms with Crippen LogP contribution >= 0.6 is 15.9 Å². The maximum Gasteiger partial charge on any atom is 0.120 e. The van der Waals surface area contributed by atoms with Crippen molar-refractivity contribution in [2.24, 2.45) is 0 Å². The number of nitrogens with two attached hydrogens (primary N) is 1. The van der Waals surface area contributed by atoms with Crippen LogP contribution in [0, 0.1) is 0 Å². The molecule has 0 spiro atoms. The van der Waals surface area contributed by atoms with Gasteiger partial charge >= 0.3 is 0 Å². The Morgan fingerprint density at radius 1 is 1.26 bits per heavy atom. The van der Waals surface area contributed by atoms with E-state index in [1.165, 1.54) is 0 Å². The van der Waals surface area contributed by atoms with E-state index < -0.39 is 10.8 Å². The molecule has 0 fully saturated rings. The summed E-state index contributed by atoms with van der Waals surface area (Å²) in [5.74, 6) is 1.14. The molecule has 0 aromatic heterocycles. The standard InChI is InChI=1S/C14H14BrNO2S/c1-18-13-3-2-4-14(8-13)19(17)9-10-5-11(15)7-12(16)6-10/h2-8H,9,16H2,1H3. The number of nitrogen functional groups attached to an aromatic ring is 1. The van der Waals surface area contributed by atoms with Gasteiger partial charge in [-0.3, -0.25) is 4.21 Å². The third-order valence-corrected chi connectivity index (χ3v) is 4.41. The molecule has 1 unspecified atom stereocenters. The summed E-state index contributed by atoms with van der Waals surface area (Å²) in [6, 6.07) is 12.9. The van der Waals surface area contributed by atoms with Crippen molar-refractivity contribution in [2.45, 2.75) is 10.6 Å². The Hall–Kier alpha value is -1.33. The zero-order valence-electron chi connectivity index (χ0n) is 10.4. The van der Waals surface area contributed by atoms with Crippen LogP contribution in [-0.2, 0) is 16.6 Å². The number of methoxy groups -OCH3 is 1. The largest absolute Gasteiger partial charge is 0.497 e. The van der Waals surface area contributed by atoms with Crippen molar-refractivity contribution >= 4 is 32.4 Å². The lowest BCUT2D eigenvalue weighted by Crippen LogP contribution is -1.98. The molecule has 2 rings (SSSR count). The van der Waals surface area contributed by atoms with E-state index in [4.69, 9.17) is 10.5 Å². The maximum atomic E-state index is 12.3. The van der Waals surface area contributed by atoms with Crippen LogP contribution in [0.15, 0.2) is 51.8 Å². The molecule has 100 valence electrons. The van der Waals surface area contributed by atoms with Gasteiger partial charge in [-0.15, -0.1) is 0 Å². The van der Waals surface area contributed by atoms with Crippen molar-refractivity contribution < 1.29 is 8.95 Å². The number of benzene rings is 2. The highest BCUT2D eigenvalue weighted by Gasteiger charge is 2.07. The van der Waals surface area contributed by atoms with Gasteiger partial charge in [-0.05, 0) is 42.0 Å². The van der Waals surface area contributed by atoms with E-state index in [2.05, 4.69) is 15.9 Å². The molecule has 0 aliphatic heterocycles. The molecule has 2 aromatic rings. The third-order valence-electron chi connectivity index (χ3n) is 2.58. The van der Waals surface area contributed by atoms with E-state index in [1.807, 2.05) is 36.4 Å². The van der Waals surface area contributed by atoms with Crippen LogP contribution in [0.3, 0.4) is 0 Å². The molecule has 0 saturated heterocycles. The van der Waals surface area contributed by atoms with E-state index in [9.17, 15) is 4.21 Å². The SMILES string of the molecule is COc1cccc(S(=O)Cc2cc(N)cc(Br)c2)c1. The molecule has 0 amide bonds. The number of ether oxygens (including phenoxy) is 1. The molecule has 0 aliphatic carbocycles. The van der Waals surface area contributed by atoms with Crippen molar-refractivity contribution in [3.63, 3.8) is 0 Å². The van der Waals surface area contributed by atoms with Gasteiger partial charge in [0.1, 0.15) is 5.75 Å². The quantitative estimate of drug-likeness (QED) is 0.869. The molecule has 0 saturated carbocycles. The molecular formula is C14H14BrNO2S. The van der Waals surface area contributed by atoms with Crippen molar-refractivity contribution in [2.75, 3.05) is 12.8 Å². The summed E-state index contributed by atoms with van der Waals surface area (Å²) in [5, 5.41) is 0. The highest BCUT2D eigenvalue weighted by atomic mass is 79.9. The first-order valence-corrected chi connectivity index (χ1v) is 7.77. The normalized spacial score (nSPS) is 12.1. The van der Waals surface area contributed by atoms with Crippen molar-refractivity contribution in [1.29, 1.82) is 0 Å². The Morgan fingerprint density at radius 2 is 2.05 bits per heavy atom. The van der Waals surface area contributed by atoms with Gasteiger partial charge in [0, 0.05) is 15.1 Å². The molecule has 0 bridgehead atoms. The van der Waals surface area contributed by atoms with Crippen LogP contribution in [0.5, 0.6) is 5.75 Å². The summed E-state index contributed by atoms with van der Waals surface area (Å²) >= 11 is 3.38. The lowest BCUT2D eigenvalue weighted by molar-refractivity contribution is 0.413. The van der Waals surface area contributed by atoms with E-state index >= 15 is 0 Å². The molecule has 2 N–H and O–H groups in total. The highest BCUT2D eigenvalue weighted by Crippen LogP contribution is 2.22. The minimum Gasteiger partial charge on any atom is -0.497 e. The lowest BCUT2D eigenvalue weighted by atomic mass is 10.2. The summed E-state index contributed by atoms with van der Waals surface area (Å²) in [6.45, 7) is 0. The minimum atomic E-state index is -1.12. The first-order chi connectivity index (χ1) is 9.08. The second-order valence-corrected chi connectivity index (χ2v) is 6.43. The van der Waals surface area contributed by atoms with Crippen LogP contribution in [0.2, 0.25) is 0 Å². The average molecular weight is 340 g/mol. The van der Waals surface area contributed by atoms with Crippen LogP contribution in [0.4, 0.5) is 5.69 Å². The molecule has 5 heteroatoms. The summed E-state index contributed by atoms with van der Waals surface area (Å²) in [7, 11) is 0.475. The van der Waals surface area contributed by atoms with Crippen LogP contribution in [0.25, 0.3) is 0 Å². The smallest absolute Gasteiger partial charge is 0.120 e. The third kappa shape index (κ3) is 3.81. The zero-order chi connectivity index (χ0) is 13.8. The zero-order valence-corrected chi connectivity index (χ0v) is 12.8. The fourth-order valence-corrected chi connectivity index (χ4v) is 3.41. The van der Waals surface area contributed by atoms with Crippen molar-refractivity contribution in [1.82, 2.24) is 0 Å². The van der Waals surface area contributed by atoms with E-state index in [0.29, 0.717) is 17.2 Å². The molecule has 3 nitrogen and oxygen atoms in total. The molecule has 2 aromatic carbocycles. The fraction of sp³-hybridized carbons (Fsp3) is 0.143. The van der Waals surface area contributed by atoms with Gasteiger partial charge in [-0.1, -0.05) is 22.0 Å². The van der Waals surface area contributed by atoms with Gasteiger partial charge < -0.3 is 10.5 Å². The van der Waals surface area contributed by atoms with E-state index in [-0.39, 0.29) is 0 Å². The molecule has 0 radical (unpaired) electrons. The maximum absolute atomic E-state index is 12.3. The van der Waals surface area contributed by atoms with Crippen LogP contribution in [-0.4, -0.2) is 11.3 Å². The number of rotatable bonds is 4. The predicted molar refractivity (Wildman–Crippen MR) is 81.7 cm³/mol. The Bertz CT molecular complexity index is 596. The highest BCUT2D eigenvalue weighted by molar-refractivity contribution is 9.10. The number of anilines is 1. The predicted octanol–water partition coefficient (Wildman–Crippen LogP) is 3.35. The number of hydrogen-bond acceptors (Lipinski definition) is 3. The van der Waals surface area contributed by atoms with Crippen molar-refractivity contribution in [3.8, 4) is 5.75 Å². The fourth-order valence-electron chi connectivity index (χ4n) is 1.74. The Labute approximate surface area is 123 Å². The second kappa shape index (κ2) is 6.21.